The molecule has 2 aromatic rings. The Kier molecular flexibility index (Phi) is 5.41. The van der Waals surface area contributed by atoms with Crippen LogP contribution in [0.15, 0.2) is 59.5 Å². The van der Waals surface area contributed by atoms with Crippen LogP contribution in [-0.4, -0.2) is 19.5 Å². The first-order valence-corrected chi connectivity index (χ1v) is 8.90. The van der Waals surface area contributed by atoms with Crippen LogP contribution in [0.5, 0.6) is 0 Å². The summed E-state index contributed by atoms with van der Waals surface area (Å²) in [5, 5.41) is 8.58. The Morgan fingerprint density at radius 1 is 1.04 bits per heavy atom. The number of hydrogen-bond donors (Lipinski definition) is 2. The predicted molar refractivity (Wildman–Crippen MR) is 94.5 cm³/mol. The van der Waals surface area contributed by atoms with Gasteiger partial charge >= 0.3 is 5.97 Å². The zero-order valence-electron chi connectivity index (χ0n) is 13.4. The molecule has 0 unspecified atom stereocenters. The Balaban J connectivity index is 2.16. The van der Waals surface area contributed by atoms with Gasteiger partial charge in [-0.15, -0.1) is 0 Å². The number of sulfonamides is 1. The van der Waals surface area contributed by atoms with Gasteiger partial charge in [0.15, 0.2) is 0 Å². The van der Waals surface area contributed by atoms with Gasteiger partial charge in [-0.3, -0.25) is 4.72 Å². The van der Waals surface area contributed by atoms with Crippen LogP contribution in [0.2, 0.25) is 0 Å². The molecular formula is C18H19NO4S. The maximum absolute atomic E-state index is 12.4. The van der Waals surface area contributed by atoms with E-state index in [0.717, 1.165) is 11.6 Å². The summed E-state index contributed by atoms with van der Waals surface area (Å²) in [4.78, 5) is 10.6. The van der Waals surface area contributed by atoms with Gasteiger partial charge in [0.1, 0.15) is 0 Å². The standard InChI is InChI=1S/C18H19NO4S/c1-13(2)15-6-8-16(9-7-15)19-24(22,23)17-10-3-14(4-11-17)5-12-18(20)21/h3-13,19H,1-2H3,(H,20,21)/b12-5+. The third-order valence-electron chi connectivity index (χ3n) is 3.44. The number of rotatable bonds is 6. The lowest BCUT2D eigenvalue weighted by atomic mass is 10.0. The lowest BCUT2D eigenvalue weighted by molar-refractivity contribution is -0.131. The summed E-state index contributed by atoms with van der Waals surface area (Å²) in [6.07, 6.45) is 2.40. The van der Waals surface area contributed by atoms with E-state index in [0.29, 0.717) is 17.2 Å². The van der Waals surface area contributed by atoms with Gasteiger partial charge in [-0.1, -0.05) is 38.1 Å². The van der Waals surface area contributed by atoms with Gasteiger partial charge in [0.25, 0.3) is 10.0 Å². The van der Waals surface area contributed by atoms with Crippen LogP contribution in [0.3, 0.4) is 0 Å². The first-order valence-electron chi connectivity index (χ1n) is 7.42. The fourth-order valence-electron chi connectivity index (χ4n) is 2.08. The predicted octanol–water partition coefficient (Wildman–Crippen LogP) is 3.71. The molecule has 0 spiro atoms. The fourth-order valence-corrected chi connectivity index (χ4v) is 3.13. The Morgan fingerprint density at radius 3 is 2.12 bits per heavy atom. The minimum absolute atomic E-state index is 0.114. The zero-order valence-corrected chi connectivity index (χ0v) is 14.2. The van der Waals surface area contributed by atoms with Crippen molar-refractivity contribution in [2.45, 2.75) is 24.7 Å². The average Bonchev–Trinajstić information content (AvgIpc) is 2.53. The smallest absolute Gasteiger partial charge is 0.328 e. The van der Waals surface area contributed by atoms with Crippen molar-refractivity contribution in [1.29, 1.82) is 0 Å². The van der Waals surface area contributed by atoms with Gasteiger partial charge < -0.3 is 5.11 Å². The molecule has 0 saturated heterocycles. The summed E-state index contributed by atoms with van der Waals surface area (Å²) in [5.41, 5.74) is 2.24. The van der Waals surface area contributed by atoms with Gasteiger partial charge in [-0.25, -0.2) is 13.2 Å². The van der Waals surface area contributed by atoms with Gasteiger partial charge in [-0.05, 0) is 47.4 Å². The Morgan fingerprint density at radius 2 is 1.62 bits per heavy atom. The summed E-state index contributed by atoms with van der Waals surface area (Å²) in [6, 6.07) is 13.2. The Labute approximate surface area is 141 Å². The number of nitrogens with one attached hydrogen (secondary N) is 1. The molecule has 2 rings (SSSR count). The molecule has 0 radical (unpaired) electrons. The fraction of sp³-hybridized carbons (Fsp3) is 0.167. The van der Waals surface area contributed by atoms with Gasteiger partial charge in [0.05, 0.1) is 4.90 Å². The molecule has 2 N–H and O–H groups in total. The normalized spacial score (nSPS) is 11.8. The van der Waals surface area contributed by atoms with Crippen molar-refractivity contribution in [3.8, 4) is 0 Å². The Hall–Kier alpha value is -2.60. The van der Waals surface area contributed by atoms with E-state index in [2.05, 4.69) is 18.6 Å². The quantitative estimate of drug-likeness (QED) is 0.782. The topological polar surface area (TPSA) is 83.5 Å². The lowest BCUT2D eigenvalue weighted by Gasteiger charge is -2.10. The maximum Gasteiger partial charge on any atom is 0.328 e. The van der Waals surface area contributed by atoms with E-state index >= 15 is 0 Å². The van der Waals surface area contributed by atoms with Crippen molar-refractivity contribution in [3.63, 3.8) is 0 Å². The molecular weight excluding hydrogens is 326 g/mol. The molecule has 0 saturated carbocycles. The summed E-state index contributed by atoms with van der Waals surface area (Å²) >= 11 is 0. The van der Waals surface area contributed by atoms with Crippen molar-refractivity contribution in [2.24, 2.45) is 0 Å². The van der Waals surface area contributed by atoms with Crippen LogP contribution in [-0.2, 0) is 14.8 Å². The molecule has 0 fully saturated rings. The molecule has 24 heavy (non-hydrogen) atoms. The van der Waals surface area contributed by atoms with E-state index in [-0.39, 0.29) is 4.90 Å². The molecule has 0 bridgehead atoms. The molecule has 0 aliphatic carbocycles. The number of aliphatic carboxylic acids is 1. The summed E-state index contributed by atoms with van der Waals surface area (Å²) < 4.78 is 27.3. The molecule has 0 atom stereocenters. The molecule has 0 amide bonds. The molecule has 2 aromatic carbocycles. The number of hydrogen-bond acceptors (Lipinski definition) is 3. The molecule has 126 valence electrons. The summed E-state index contributed by atoms with van der Waals surface area (Å²) in [7, 11) is -3.68. The molecule has 0 aliphatic heterocycles. The largest absolute Gasteiger partial charge is 0.478 e. The molecule has 0 aliphatic rings. The molecule has 0 aromatic heterocycles. The van der Waals surface area contributed by atoms with Gasteiger partial charge in [0, 0.05) is 11.8 Å². The Bertz CT molecular complexity index is 836. The van der Waals surface area contributed by atoms with Crippen molar-refractivity contribution in [3.05, 3.63) is 65.7 Å². The number of benzene rings is 2. The van der Waals surface area contributed by atoms with E-state index in [1.165, 1.54) is 18.2 Å². The van der Waals surface area contributed by atoms with E-state index in [9.17, 15) is 13.2 Å². The average molecular weight is 345 g/mol. The van der Waals surface area contributed by atoms with Crippen molar-refractivity contribution >= 4 is 27.8 Å². The SMILES string of the molecule is CC(C)c1ccc(NS(=O)(=O)c2ccc(/C=C/C(=O)O)cc2)cc1. The van der Waals surface area contributed by atoms with Crippen LogP contribution in [0.1, 0.15) is 30.9 Å². The van der Waals surface area contributed by atoms with Crippen molar-refractivity contribution < 1.29 is 18.3 Å². The summed E-state index contributed by atoms with van der Waals surface area (Å²) in [6.45, 7) is 4.14. The van der Waals surface area contributed by atoms with E-state index in [1.807, 2.05) is 12.1 Å². The van der Waals surface area contributed by atoms with Crippen LogP contribution in [0.25, 0.3) is 6.08 Å². The highest BCUT2D eigenvalue weighted by Gasteiger charge is 2.14. The monoisotopic (exact) mass is 345 g/mol. The maximum atomic E-state index is 12.4. The number of carboxylic acid groups (broad SMARTS) is 1. The number of anilines is 1. The first kappa shape index (κ1) is 17.7. The van der Waals surface area contributed by atoms with Crippen LogP contribution in [0, 0.1) is 0 Å². The number of carbonyl (C=O) groups is 1. The van der Waals surface area contributed by atoms with Crippen LogP contribution >= 0.6 is 0 Å². The first-order chi connectivity index (χ1) is 11.3. The van der Waals surface area contributed by atoms with Gasteiger partial charge in [-0.2, -0.15) is 0 Å². The lowest BCUT2D eigenvalue weighted by Crippen LogP contribution is -2.12. The van der Waals surface area contributed by atoms with Gasteiger partial charge in [0.2, 0.25) is 0 Å². The zero-order chi connectivity index (χ0) is 17.7. The molecule has 5 nitrogen and oxygen atoms in total. The van der Waals surface area contributed by atoms with Crippen molar-refractivity contribution in [1.82, 2.24) is 0 Å². The van der Waals surface area contributed by atoms with Crippen LogP contribution < -0.4 is 4.72 Å². The second kappa shape index (κ2) is 7.31. The van der Waals surface area contributed by atoms with Crippen molar-refractivity contribution in [2.75, 3.05) is 4.72 Å². The van der Waals surface area contributed by atoms with Crippen LogP contribution in [0.4, 0.5) is 5.69 Å². The minimum atomic E-state index is -3.68. The number of carboxylic acids is 1. The highest BCUT2D eigenvalue weighted by Crippen LogP contribution is 2.20. The second-order valence-electron chi connectivity index (χ2n) is 5.62. The van der Waals surface area contributed by atoms with E-state index in [1.54, 1.807) is 24.3 Å². The molecule has 0 heterocycles. The second-order valence-corrected chi connectivity index (χ2v) is 7.31. The molecule has 6 heteroatoms. The highest BCUT2D eigenvalue weighted by atomic mass is 32.2. The third kappa shape index (κ3) is 4.70. The third-order valence-corrected chi connectivity index (χ3v) is 4.84. The minimum Gasteiger partial charge on any atom is -0.478 e. The van der Waals surface area contributed by atoms with E-state index < -0.39 is 16.0 Å². The van der Waals surface area contributed by atoms with E-state index in [4.69, 9.17) is 5.11 Å². The summed E-state index contributed by atoms with van der Waals surface area (Å²) in [5.74, 6) is -0.680. The highest BCUT2D eigenvalue weighted by molar-refractivity contribution is 7.92.